The number of hydrogen-bond acceptors (Lipinski definition) is 4. The Balaban J connectivity index is 2.56. The molecule has 1 aromatic carbocycles. The second-order valence-corrected chi connectivity index (χ2v) is 10.6. The van der Waals surface area contributed by atoms with Crippen LogP contribution in [-0.2, 0) is 37.7 Å². The number of carbonyl (C=O) groups is 2. The van der Waals surface area contributed by atoms with Gasteiger partial charge in [0.25, 0.3) is 0 Å². The van der Waals surface area contributed by atoms with Crippen molar-refractivity contribution in [3.63, 3.8) is 0 Å². The molecule has 0 aliphatic rings. The molecule has 0 aromatic heterocycles. The number of esters is 2. The van der Waals surface area contributed by atoms with Gasteiger partial charge >= 0.3 is 11.9 Å². The van der Waals surface area contributed by atoms with Crippen LogP contribution in [0.3, 0.4) is 0 Å². The lowest BCUT2D eigenvalue weighted by atomic mass is 9.85. The first-order chi connectivity index (χ1) is 16.3. The van der Waals surface area contributed by atoms with E-state index in [0.29, 0.717) is 12.8 Å². The summed E-state index contributed by atoms with van der Waals surface area (Å²) in [7, 11) is 0. The molecule has 1 aromatic rings. The lowest BCUT2D eigenvalue weighted by Crippen LogP contribution is -2.14. The molecule has 0 aliphatic carbocycles. The highest BCUT2D eigenvalue weighted by Crippen LogP contribution is 2.26. The molecule has 4 heteroatoms. The maximum Gasteiger partial charge on any atom is 0.306 e. The summed E-state index contributed by atoms with van der Waals surface area (Å²) in [4.78, 5) is 24.5. The summed E-state index contributed by atoms with van der Waals surface area (Å²) in [6.45, 7) is 11.4. The van der Waals surface area contributed by atoms with E-state index in [9.17, 15) is 9.59 Å². The fourth-order valence-electron chi connectivity index (χ4n) is 3.93. The summed E-state index contributed by atoms with van der Waals surface area (Å²) >= 11 is 0. The van der Waals surface area contributed by atoms with Crippen LogP contribution < -0.4 is 0 Å². The van der Waals surface area contributed by atoms with Crippen LogP contribution in [-0.4, -0.2) is 11.9 Å². The average Bonchev–Trinajstić information content (AvgIpc) is 2.80. The Labute approximate surface area is 209 Å². The SMILES string of the molecule is CCCCCCCCC(=O)OCc1ccc(C(C)(C)C)cc1COC(=O)CCCCCCCC. The maximum atomic E-state index is 12.3. The number of ether oxygens (including phenoxy) is 2. The van der Waals surface area contributed by atoms with E-state index in [-0.39, 0.29) is 30.6 Å². The van der Waals surface area contributed by atoms with Gasteiger partial charge < -0.3 is 9.47 Å². The molecule has 34 heavy (non-hydrogen) atoms. The third-order valence-corrected chi connectivity index (χ3v) is 6.32. The van der Waals surface area contributed by atoms with Crippen LogP contribution in [0.5, 0.6) is 0 Å². The highest BCUT2D eigenvalue weighted by molar-refractivity contribution is 5.69. The number of benzene rings is 1. The third kappa shape index (κ3) is 13.8. The quantitative estimate of drug-likeness (QED) is 0.158. The second-order valence-electron chi connectivity index (χ2n) is 10.6. The van der Waals surface area contributed by atoms with Crippen LogP contribution in [0.4, 0.5) is 0 Å². The van der Waals surface area contributed by atoms with Gasteiger partial charge in [-0.3, -0.25) is 9.59 Å². The fourth-order valence-corrected chi connectivity index (χ4v) is 3.93. The predicted octanol–water partition coefficient (Wildman–Crippen LogP) is 8.57. The number of carbonyl (C=O) groups excluding carboxylic acids is 2. The van der Waals surface area contributed by atoms with Gasteiger partial charge in [-0.15, -0.1) is 0 Å². The Kier molecular flexibility index (Phi) is 15.6. The number of unbranched alkanes of at least 4 members (excludes halogenated alkanes) is 10. The van der Waals surface area contributed by atoms with Gasteiger partial charge in [-0.05, 0) is 34.9 Å². The van der Waals surface area contributed by atoms with E-state index in [0.717, 1.165) is 36.8 Å². The van der Waals surface area contributed by atoms with Gasteiger partial charge in [0.1, 0.15) is 13.2 Å². The monoisotopic (exact) mass is 474 g/mol. The van der Waals surface area contributed by atoms with Gasteiger partial charge in [0.15, 0.2) is 0 Å². The van der Waals surface area contributed by atoms with Gasteiger partial charge in [0, 0.05) is 12.8 Å². The van der Waals surface area contributed by atoms with E-state index in [4.69, 9.17) is 9.47 Å². The largest absolute Gasteiger partial charge is 0.461 e. The minimum atomic E-state index is -0.151. The molecule has 4 nitrogen and oxygen atoms in total. The Bertz CT molecular complexity index is 702. The molecule has 0 fully saturated rings. The minimum Gasteiger partial charge on any atom is -0.461 e. The van der Waals surface area contributed by atoms with Crippen LogP contribution >= 0.6 is 0 Å². The van der Waals surface area contributed by atoms with Crippen molar-refractivity contribution in [2.75, 3.05) is 0 Å². The van der Waals surface area contributed by atoms with Gasteiger partial charge in [0.05, 0.1) is 0 Å². The molecule has 194 valence electrons. The Morgan fingerprint density at radius 3 is 1.56 bits per heavy atom. The molecular weight excluding hydrogens is 424 g/mol. The standard InChI is InChI=1S/C30H50O4/c1-6-8-10-12-14-16-18-28(31)33-23-25-20-21-27(30(3,4)5)22-26(25)24-34-29(32)19-17-15-13-11-9-7-2/h20-22H,6-19,23-24H2,1-5H3. The van der Waals surface area contributed by atoms with Crippen LogP contribution in [0.2, 0.25) is 0 Å². The first-order valence-electron chi connectivity index (χ1n) is 13.7. The molecule has 0 N–H and O–H groups in total. The Hall–Kier alpha value is -1.84. The van der Waals surface area contributed by atoms with Gasteiger partial charge in [-0.2, -0.15) is 0 Å². The van der Waals surface area contributed by atoms with Crippen LogP contribution in [0.15, 0.2) is 18.2 Å². The zero-order chi connectivity index (χ0) is 25.2. The van der Waals surface area contributed by atoms with Crippen LogP contribution in [0, 0.1) is 0 Å². The summed E-state index contributed by atoms with van der Waals surface area (Å²) in [6, 6.07) is 6.18. The van der Waals surface area contributed by atoms with Gasteiger partial charge in [-0.1, -0.05) is 117 Å². The molecule has 0 heterocycles. The van der Waals surface area contributed by atoms with Crippen molar-refractivity contribution >= 4 is 11.9 Å². The summed E-state index contributed by atoms with van der Waals surface area (Å²) in [5, 5.41) is 0. The highest BCUT2D eigenvalue weighted by atomic mass is 16.5. The van der Waals surface area contributed by atoms with Crippen molar-refractivity contribution in [1.29, 1.82) is 0 Å². The van der Waals surface area contributed by atoms with Crippen molar-refractivity contribution in [3.05, 3.63) is 34.9 Å². The van der Waals surface area contributed by atoms with Gasteiger partial charge in [-0.25, -0.2) is 0 Å². The topological polar surface area (TPSA) is 52.6 Å². The molecule has 0 radical (unpaired) electrons. The van der Waals surface area contributed by atoms with Crippen molar-refractivity contribution in [3.8, 4) is 0 Å². The molecule has 0 bridgehead atoms. The van der Waals surface area contributed by atoms with Crippen molar-refractivity contribution in [2.45, 2.75) is 143 Å². The number of rotatable bonds is 18. The smallest absolute Gasteiger partial charge is 0.306 e. The van der Waals surface area contributed by atoms with Gasteiger partial charge in [0.2, 0.25) is 0 Å². The zero-order valence-electron chi connectivity index (χ0n) is 22.7. The molecule has 0 saturated carbocycles. The van der Waals surface area contributed by atoms with E-state index in [1.165, 1.54) is 56.9 Å². The zero-order valence-corrected chi connectivity index (χ0v) is 22.7. The molecule has 0 amide bonds. The maximum absolute atomic E-state index is 12.3. The Morgan fingerprint density at radius 1 is 0.647 bits per heavy atom. The van der Waals surface area contributed by atoms with E-state index in [2.05, 4.69) is 46.8 Å². The first-order valence-corrected chi connectivity index (χ1v) is 13.7. The average molecular weight is 475 g/mol. The number of hydrogen-bond donors (Lipinski definition) is 0. The lowest BCUT2D eigenvalue weighted by Gasteiger charge is -2.21. The third-order valence-electron chi connectivity index (χ3n) is 6.32. The van der Waals surface area contributed by atoms with E-state index >= 15 is 0 Å². The van der Waals surface area contributed by atoms with E-state index in [1.807, 2.05) is 6.07 Å². The minimum absolute atomic E-state index is 0.00969. The normalized spacial score (nSPS) is 11.4. The molecule has 0 spiro atoms. The molecule has 1 rings (SSSR count). The van der Waals surface area contributed by atoms with Crippen LogP contribution in [0.25, 0.3) is 0 Å². The molecule has 0 saturated heterocycles. The lowest BCUT2D eigenvalue weighted by molar-refractivity contribution is -0.146. The van der Waals surface area contributed by atoms with Crippen molar-refractivity contribution in [2.24, 2.45) is 0 Å². The Morgan fingerprint density at radius 2 is 1.09 bits per heavy atom. The fraction of sp³-hybridized carbons (Fsp3) is 0.733. The predicted molar refractivity (Wildman–Crippen MR) is 141 cm³/mol. The van der Waals surface area contributed by atoms with E-state index in [1.54, 1.807) is 0 Å². The first kappa shape index (κ1) is 30.2. The summed E-state index contributed by atoms with van der Waals surface area (Å²) in [5.74, 6) is -0.302. The molecule has 0 unspecified atom stereocenters. The molecular formula is C30H50O4. The summed E-state index contributed by atoms with van der Waals surface area (Å²) in [5.41, 5.74) is 3.01. The van der Waals surface area contributed by atoms with Crippen molar-refractivity contribution < 1.29 is 19.1 Å². The molecule has 0 atom stereocenters. The van der Waals surface area contributed by atoms with Crippen LogP contribution in [0.1, 0.15) is 141 Å². The second kappa shape index (κ2) is 17.6. The summed E-state index contributed by atoms with van der Waals surface area (Å²) in [6.07, 6.45) is 14.7. The highest BCUT2D eigenvalue weighted by Gasteiger charge is 2.17. The van der Waals surface area contributed by atoms with Crippen molar-refractivity contribution in [1.82, 2.24) is 0 Å². The van der Waals surface area contributed by atoms with E-state index < -0.39 is 0 Å². The molecule has 0 aliphatic heterocycles. The summed E-state index contributed by atoms with van der Waals surface area (Å²) < 4.78 is 11.2.